The van der Waals surface area contributed by atoms with E-state index in [1.54, 1.807) is 0 Å². The van der Waals surface area contributed by atoms with Crippen LogP contribution in [0.25, 0.3) is 53.7 Å². The third kappa shape index (κ3) is 8.29. The number of nitrogens with zero attached hydrogens (tertiary/aromatic N) is 1. The second-order valence-electron chi connectivity index (χ2n) is 15.1. The van der Waals surface area contributed by atoms with Gasteiger partial charge in [-0.1, -0.05) is 171 Å². The molecule has 2 atom stereocenters. The Balaban J connectivity index is 1.14. The van der Waals surface area contributed by atoms with Crippen LogP contribution in [0.5, 0.6) is 0 Å². The molecular formula is C58H49NS. The number of allylic oxidation sites excluding steroid dienone is 13. The van der Waals surface area contributed by atoms with Crippen molar-refractivity contribution < 1.29 is 0 Å². The third-order valence-electron chi connectivity index (χ3n) is 11.4. The van der Waals surface area contributed by atoms with Crippen molar-refractivity contribution in [2.45, 2.75) is 18.8 Å². The molecule has 1 nitrogen and oxygen atoms in total. The maximum Gasteiger partial charge on any atom is 0.0452 e. The Hall–Kier alpha value is -7.00. The molecule has 7 aromatic rings. The zero-order valence-corrected chi connectivity index (χ0v) is 34.8. The van der Waals surface area contributed by atoms with Gasteiger partial charge in [0, 0.05) is 49.6 Å². The molecule has 0 saturated carbocycles. The molecule has 0 N–H and O–H groups in total. The lowest BCUT2D eigenvalue weighted by Gasteiger charge is -2.27. The van der Waals surface area contributed by atoms with Crippen molar-refractivity contribution in [2.24, 2.45) is 5.92 Å². The van der Waals surface area contributed by atoms with Crippen LogP contribution in [-0.2, 0) is 0 Å². The third-order valence-corrected chi connectivity index (χ3v) is 12.7. The van der Waals surface area contributed by atoms with E-state index in [4.69, 9.17) is 0 Å². The van der Waals surface area contributed by atoms with Gasteiger partial charge in [0.15, 0.2) is 0 Å². The van der Waals surface area contributed by atoms with Crippen molar-refractivity contribution in [3.8, 4) is 11.1 Å². The molecular weight excluding hydrogens is 743 g/mol. The van der Waals surface area contributed by atoms with Gasteiger partial charge in [-0.2, -0.15) is 0 Å². The molecule has 2 unspecified atom stereocenters. The van der Waals surface area contributed by atoms with Crippen molar-refractivity contribution in [3.05, 3.63) is 261 Å². The van der Waals surface area contributed by atoms with Gasteiger partial charge >= 0.3 is 0 Å². The first-order valence-corrected chi connectivity index (χ1v) is 21.3. The van der Waals surface area contributed by atoms with Gasteiger partial charge in [0.05, 0.1) is 0 Å². The summed E-state index contributed by atoms with van der Waals surface area (Å²) in [7, 11) is 0. The minimum absolute atomic E-state index is 0.0293. The highest BCUT2D eigenvalue weighted by Gasteiger charge is 2.22. The summed E-state index contributed by atoms with van der Waals surface area (Å²) in [6, 6.07) is 47.9. The fraction of sp³-hybridized carbons (Fsp3) is 0.0690. The van der Waals surface area contributed by atoms with Crippen LogP contribution in [0.2, 0.25) is 0 Å². The fourth-order valence-electron chi connectivity index (χ4n) is 8.30. The van der Waals surface area contributed by atoms with Crippen molar-refractivity contribution in [1.29, 1.82) is 0 Å². The van der Waals surface area contributed by atoms with Gasteiger partial charge in [0.2, 0.25) is 0 Å². The molecule has 1 aliphatic rings. The number of hydrogen-bond acceptors (Lipinski definition) is 2. The van der Waals surface area contributed by atoms with E-state index in [0.29, 0.717) is 0 Å². The van der Waals surface area contributed by atoms with Crippen molar-refractivity contribution >= 4 is 59.6 Å². The number of benzene rings is 6. The lowest BCUT2D eigenvalue weighted by atomic mass is 9.79. The molecule has 0 spiro atoms. The molecule has 6 aromatic carbocycles. The van der Waals surface area contributed by atoms with Gasteiger partial charge in [-0.05, 0) is 111 Å². The number of rotatable bonds is 15. The lowest BCUT2D eigenvalue weighted by Crippen LogP contribution is -2.17. The van der Waals surface area contributed by atoms with E-state index < -0.39 is 0 Å². The number of fused-ring (bicyclic) bond motifs is 4. The van der Waals surface area contributed by atoms with Crippen LogP contribution in [0.1, 0.15) is 35.4 Å². The fourth-order valence-corrected chi connectivity index (χ4v) is 9.54. The average Bonchev–Trinajstić information content (AvgIpc) is 3.69. The van der Waals surface area contributed by atoms with Gasteiger partial charge in [0.1, 0.15) is 0 Å². The van der Waals surface area contributed by atoms with Crippen LogP contribution in [0.15, 0.2) is 244 Å². The minimum Gasteiger partial charge on any atom is -0.321 e. The standard InChI is InChI=1S/C58H49NS/c1-6-9-22-47-38-45-25-13-14-26-46(45)40-56(47)48-27-19-28-50(39-48)59(37-18-17-21-41(4)42(5)51(7-2)52(8-3)43-23-11-10-12-24-43)49-35-33-44(34-36-49)53-30-20-31-55-54-29-15-16-32-57(54)60-58(53)55/h6-18,20-27,29-40,51-52H,1-5,19,28H2/b21-17-,22-9-,37-18+. The van der Waals surface area contributed by atoms with E-state index in [2.05, 4.69) is 202 Å². The quantitative estimate of drug-likeness (QED) is 0.0738. The Bertz CT molecular complexity index is 2910. The molecule has 8 rings (SSSR count). The van der Waals surface area contributed by atoms with Gasteiger partial charge in [-0.15, -0.1) is 24.5 Å². The van der Waals surface area contributed by atoms with Gasteiger partial charge in [-0.25, -0.2) is 0 Å². The molecule has 0 radical (unpaired) electrons. The Morgan fingerprint density at radius 2 is 1.42 bits per heavy atom. The van der Waals surface area contributed by atoms with Crippen LogP contribution in [-0.4, -0.2) is 0 Å². The molecule has 0 saturated heterocycles. The van der Waals surface area contributed by atoms with Gasteiger partial charge < -0.3 is 4.90 Å². The number of hydrogen-bond donors (Lipinski definition) is 0. The Labute approximate surface area is 359 Å². The molecule has 0 fully saturated rings. The second-order valence-corrected chi connectivity index (χ2v) is 16.1. The van der Waals surface area contributed by atoms with E-state index in [1.807, 2.05) is 47.8 Å². The maximum absolute atomic E-state index is 4.47. The van der Waals surface area contributed by atoms with E-state index in [-0.39, 0.29) is 11.8 Å². The van der Waals surface area contributed by atoms with Crippen molar-refractivity contribution in [1.82, 2.24) is 0 Å². The molecule has 0 amide bonds. The Morgan fingerprint density at radius 3 is 2.18 bits per heavy atom. The van der Waals surface area contributed by atoms with Crippen LogP contribution in [0.4, 0.5) is 5.69 Å². The summed E-state index contributed by atoms with van der Waals surface area (Å²) >= 11 is 1.86. The molecule has 0 bridgehead atoms. The summed E-state index contributed by atoms with van der Waals surface area (Å²) in [5.41, 5.74) is 11.3. The van der Waals surface area contributed by atoms with E-state index >= 15 is 0 Å². The van der Waals surface area contributed by atoms with Gasteiger partial charge in [0.25, 0.3) is 0 Å². The van der Waals surface area contributed by atoms with Gasteiger partial charge in [-0.3, -0.25) is 0 Å². The normalized spacial score (nSPS) is 14.1. The average molecular weight is 792 g/mol. The summed E-state index contributed by atoms with van der Waals surface area (Å²) in [4.78, 5) is 2.33. The zero-order valence-electron chi connectivity index (χ0n) is 34.0. The Kier molecular flexibility index (Phi) is 12.1. The van der Waals surface area contributed by atoms with E-state index in [0.717, 1.165) is 29.7 Å². The first kappa shape index (κ1) is 39.8. The van der Waals surface area contributed by atoms with Crippen molar-refractivity contribution in [3.63, 3.8) is 0 Å². The molecule has 60 heavy (non-hydrogen) atoms. The van der Waals surface area contributed by atoms with Crippen LogP contribution in [0, 0.1) is 5.92 Å². The summed E-state index contributed by atoms with van der Waals surface area (Å²) in [6.45, 7) is 21.1. The SMILES string of the molecule is C=C/C=C\c1cc2ccccc2cc1C1=CCCC(N(/C=C/C=C\C(=C)C(=C)C(C=C)C(C=C)c2ccccc2)c2ccc(-c3cccc4c3sc3ccccc34)cc2)=C1. The molecule has 1 heterocycles. The summed E-state index contributed by atoms with van der Waals surface area (Å²) < 4.78 is 2.63. The lowest BCUT2D eigenvalue weighted by molar-refractivity contribution is 0.682. The zero-order chi connectivity index (χ0) is 41.4. The number of anilines is 1. The highest BCUT2D eigenvalue weighted by atomic mass is 32.1. The molecule has 1 aliphatic carbocycles. The second kappa shape index (κ2) is 18.3. The minimum atomic E-state index is -0.0293. The summed E-state index contributed by atoms with van der Waals surface area (Å²) in [6.07, 6.45) is 24.9. The first-order chi connectivity index (χ1) is 29.5. The smallest absolute Gasteiger partial charge is 0.0452 e. The molecule has 0 aliphatic heterocycles. The predicted octanol–water partition coefficient (Wildman–Crippen LogP) is 16.6. The highest BCUT2D eigenvalue weighted by molar-refractivity contribution is 7.26. The van der Waals surface area contributed by atoms with Crippen LogP contribution < -0.4 is 4.90 Å². The maximum atomic E-state index is 4.47. The largest absolute Gasteiger partial charge is 0.321 e. The first-order valence-electron chi connectivity index (χ1n) is 20.5. The highest BCUT2D eigenvalue weighted by Crippen LogP contribution is 2.41. The Morgan fingerprint density at radius 1 is 0.683 bits per heavy atom. The summed E-state index contributed by atoms with van der Waals surface area (Å²) in [5.74, 6) is 0.0236. The molecule has 2 heteroatoms. The van der Waals surface area contributed by atoms with Crippen LogP contribution in [0.3, 0.4) is 0 Å². The monoisotopic (exact) mass is 791 g/mol. The van der Waals surface area contributed by atoms with E-state index in [1.165, 1.54) is 70.0 Å². The van der Waals surface area contributed by atoms with Crippen molar-refractivity contribution in [2.75, 3.05) is 4.90 Å². The molecule has 292 valence electrons. The van der Waals surface area contributed by atoms with Crippen LogP contribution >= 0.6 is 11.3 Å². The molecule has 1 aromatic heterocycles. The topological polar surface area (TPSA) is 3.24 Å². The number of thiophene rings is 1. The predicted molar refractivity (Wildman–Crippen MR) is 265 cm³/mol. The summed E-state index contributed by atoms with van der Waals surface area (Å²) in [5, 5.41) is 5.06. The van der Waals surface area contributed by atoms with E-state index in [9.17, 15) is 0 Å².